The van der Waals surface area contributed by atoms with Crippen molar-refractivity contribution < 1.29 is 29.6 Å². The number of carboxylic acid groups (broad SMARTS) is 1. The second-order valence-corrected chi connectivity index (χ2v) is 8.30. The van der Waals surface area contributed by atoms with E-state index in [-0.39, 0.29) is 38.9 Å². The highest BCUT2D eigenvalue weighted by Crippen LogP contribution is 2.49. The van der Waals surface area contributed by atoms with Crippen molar-refractivity contribution in [2.75, 3.05) is 47.2 Å². The van der Waals surface area contributed by atoms with Gasteiger partial charge >= 0.3 is 5.97 Å². The first-order valence-corrected chi connectivity index (χ1v) is 10.7. The summed E-state index contributed by atoms with van der Waals surface area (Å²) in [5.41, 5.74) is 6.83. The van der Waals surface area contributed by atoms with Gasteiger partial charge in [0.05, 0.1) is 33.6 Å². The molecule has 172 valence electrons. The van der Waals surface area contributed by atoms with Gasteiger partial charge in [-0.1, -0.05) is 0 Å². The quantitative estimate of drug-likeness (QED) is 0.262. The third-order valence-corrected chi connectivity index (χ3v) is 6.71. The van der Waals surface area contributed by atoms with Crippen LogP contribution in [0.2, 0.25) is 0 Å². The maximum atomic E-state index is 11.7. The van der Waals surface area contributed by atoms with Crippen molar-refractivity contribution in [3.8, 4) is 11.5 Å². The van der Waals surface area contributed by atoms with Crippen molar-refractivity contribution in [3.63, 3.8) is 0 Å². The first-order chi connectivity index (χ1) is 14.9. The molecule has 31 heavy (non-hydrogen) atoms. The molecular formula is C18H29N6O6P. The number of ether oxygens (including phenoxy) is 2. The molecular weight excluding hydrogens is 427 g/mol. The van der Waals surface area contributed by atoms with Crippen molar-refractivity contribution >= 4 is 26.5 Å². The highest BCUT2D eigenvalue weighted by molar-refractivity contribution is 7.51. The minimum atomic E-state index is -1.55. The van der Waals surface area contributed by atoms with Crippen molar-refractivity contribution in [2.45, 2.75) is 13.0 Å². The Morgan fingerprint density at radius 2 is 1.97 bits per heavy atom. The predicted molar refractivity (Wildman–Crippen MR) is 117 cm³/mol. The first kappa shape index (κ1) is 24.8. The van der Waals surface area contributed by atoms with Crippen LogP contribution < -0.4 is 15.2 Å². The number of hydrogen-bond acceptors (Lipinski definition) is 11. The van der Waals surface area contributed by atoms with E-state index in [1.165, 1.54) is 12.1 Å². The molecule has 12 nitrogen and oxygen atoms in total. The van der Waals surface area contributed by atoms with Crippen LogP contribution in [0.4, 0.5) is 0 Å². The fraction of sp³-hybridized carbons (Fsp3) is 0.500. The maximum absolute atomic E-state index is 11.7. The molecule has 0 radical (unpaired) electrons. The average molecular weight is 456 g/mol. The van der Waals surface area contributed by atoms with Gasteiger partial charge in [0.1, 0.15) is 12.7 Å². The van der Waals surface area contributed by atoms with E-state index in [9.17, 15) is 20.1 Å². The molecule has 0 fully saturated rings. The Morgan fingerprint density at radius 3 is 2.52 bits per heavy atom. The van der Waals surface area contributed by atoms with E-state index in [1.807, 2.05) is 0 Å². The van der Waals surface area contributed by atoms with Crippen LogP contribution in [-0.2, 0) is 4.79 Å². The second-order valence-electron chi connectivity index (χ2n) is 6.48. The van der Waals surface area contributed by atoms with E-state index in [0.717, 1.165) is 5.56 Å². The van der Waals surface area contributed by atoms with Crippen molar-refractivity contribution in [1.82, 2.24) is 14.3 Å². The molecule has 0 aliphatic carbocycles. The van der Waals surface area contributed by atoms with Crippen LogP contribution in [0.5, 0.6) is 11.5 Å². The van der Waals surface area contributed by atoms with Gasteiger partial charge in [-0.3, -0.25) is 4.79 Å². The summed E-state index contributed by atoms with van der Waals surface area (Å²) in [5, 5.41) is 34.0. The van der Waals surface area contributed by atoms with Crippen LogP contribution >= 0.6 is 8.37 Å². The number of aliphatic carboxylic acids is 1. The number of nitrogens with two attached hydrogens (primary N) is 1. The van der Waals surface area contributed by atoms with Crippen molar-refractivity contribution in [3.05, 3.63) is 23.8 Å². The standard InChI is InChI=1S/C18H29N6O6P/c1-13(17(27)28)24-12-23(18(19)21-31(24)22(6-8-25)7-9-26)20-11-14-4-5-15(29-2)16(10-14)30-3/h4-5,10-11,13,25-26H,6-9,12H2,1-3H3,(H2,19,21)(H,27,28)/t13-,31?/m1/s1. The highest BCUT2D eigenvalue weighted by Gasteiger charge is 2.37. The number of aliphatic hydroxyl groups excluding tert-OH is 2. The lowest BCUT2D eigenvalue weighted by Gasteiger charge is -2.42. The predicted octanol–water partition coefficient (Wildman–Crippen LogP) is -0.0859. The number of methoxy groups -OCH3 is 2. The minimum absolute atomic E-state index is 0.0751. The number of hydrazone groups is 1. The van der Waals surface area contributed by atoms with Crippen LogP contribution in [-0.4, -0.2) is 101 Å². The highest BCUT2D eigenvalue weighted by atomic mass is 31.1. The van der Waals surface area contributed by atoms with E-state index in [1.54, 1.807) is 47.8 Å². The zero-order valence-electron chi connectivity index (χ0n) is 17.7. The molecule has 1 aliphatic rings. The molecule has 0 aromatic heterocycles. The number of benzene rings is 1. The maximum Gasteiger partial charge on any atom is 0.321 e. The lowest BCUT2D eigenvalue weighted by molar-refractivity contribution is -0.141. The number of guanidine groups is 1. The molecule has 13 heteroatoms. The lowest BCUT2D eigenvalue weighted by atomic mass is 10.2. The molecule has 1 aromatic carbocycles. The lowest BCUT2D eigenvalue weighted by Crippen LogP contribution is -2.51. The molecule has 1 heterocycles. The number of nitrogens with zero attached hydrogens (tertiary/aromatic N) is 5. The molecule has 0 spiro atoms. The summed E-state index contributed by atoms with van der Waals surface area (Å²) in [6, 6.07) is 4.39. The first-order valence-electron chi connectivity index (χ1n) is 9.49. The van der Waals surface area contributed by atoms with Gasteiger partial charge in [0.15, 0.2) is 19.9 Å². The minimum Gasteiger partial charge on any atom is -0.493 e. The fourth-order valence-electron chi connectivity index (χ4n) is 2.78. The normalized spacial score (nSPS) is 18.3. The van der Waals surface area contributed by atoms with Gasteiger partial charge in [-0.05, 0) is 30.7 Å². The molecule has 0 saturated heterocycles. The topological polar surface area (TPSA) is 157 Å². The molecule has 0 saturated carbocycles. The van der Waals surface area contributed by atoms with Gasteiger partial charge in [-0.2, -0.15) is 9.86 Å². The monoisotopic (exact) mass is 456 g/mol. The summed E-state index contributed by atoms with van der Waals surface area (Å²) in [6.07, 6.45) is 1.56. The van der Waals surface area contributed by atoms with E-state index in [4.69, 9.17) is 15.2 Å². The summed E-state index contributed by atoms with van der Waals surface area (Å²) in [4.78, 5) is 11.7. The second kappa shape index (κ2) is 11.8. The summed E-state index contributed by atoms with van der Waals surface area (Å²) in [7, 11) is 1.53. The summed E-state index contributed by atoms with van der Waals surface area (Å²) < 4.78 is 18.3. The molecule has 2 atom stereocenters. The smallest absolute Gasteiger partial charge is 0.321 e. The number of aliphatic hydroxyl groups is 2. The van der Waals surface area contributed by atoms with E-state index >= 15 is 0 Å². The van der Waals surface area contributed by atoms with Gasteiger partial charge in [0, 0.05) is 13.1 Å². The summed E-state index contributed by atoms with van der Waals surface area (Å²) >= 11 is 0. The van der Waals surface area contributed by atoms with Crippen molar-refractivity contribution in [1.29, 1.82) is 0 Å². The molecule has 0 bridgehead atoms. The van der Waals surface area contributed by atoms with Crippen LogP contribution in [0.3, 0.4) is 0 Å². The van der Waals surface area contributed by atoms with E-state index in [2.05, 4.69) is 9.86 Å². The number of hydrogen-bond donors (Lipinski definition) is 4. The Kier molecular flexibility index (Phi) is 9.41. The zero-order chi connectivity index (χ0) is 23.0. The van der Waals surface area contributed by atoms with Gasteiger partial charge in [-0.15, -0.1) is 0 Å². The summed E-state index contributed by atoms with van der Waals surface area (Å²) in [6.45, 7) is 1.74. The summed E-state index contributed by atoms with van der Waals surface area (Å²) in [5.74, 6) is 0.205. The van der Waals surface area contributed by atoms with Crippen LogP contribution in [0, 0.1) is 0 Å². The zero-order valence-corrected chi connectivity index (χ0v) is 18.6. The molecule has 0 amide bonds. The third-order valence-electron chi connectivity index (χ3n) is 4.49. The van der Waals surface area contributed by atoms with Crippen LogP contribution in [0.15, 0.2) is 28.1 Å². The molecule has 1 aromatic rings. The van der Waals surface area contributed by atoms with Crippen molar-refractivity contribution in [2.24, 2.45) is 15.6 Å². The van der Waals surface area contributed by atoms with Crippen LogP contribution in [0.25, 0.3) is 0 Å². The fourth-order valence-corrected chi connectivity index (χ4v) is 4.82. The third kappa shape index (κ3) is 6.25. The Balaban J connectivity index is 2.32. The molecule has 1 unspecified atom stereocenters. The van der Waals surface area contributed by atoms with Crippen LogP contribution in [0.1, 0.15) is 12.5 Å². The van der Waals surface area contributed by atoms with Gasteiger partial charge in [0.2, 0.25) is 5.96 Å². The number of carbonyl (C=O) groups is 1. The Morgan fingerprint density at radius 1 is 1.32 bits per heavy atom. The molecule has 2 rings (SSSR count). The Labute approximate surface area is 182 Å². The molecule has 5 N–H and O–H groups in total. The Hall–Kier alpha value is -2.50. The van der Waals surface area contributed by atoms with E-state index in [0.29, 0.717) is 11.5 Å². The number of carboxylic acids is 1. The van der Waals surface area contributed by atoms with E-state index < -0.39 is 20.4 Å². The largest absolute Gasteiger partial charge is 0.493 e. The Bertz CT molecular complexity index is 804. The van der Waals surface area contributed by atoms with Gasteiger partial charge in [0.25, 0.3) is 0 Å². The average Bonchev–Trinajstić information content (AvgIpc) is 2.77. The van der Waals surface area contributed by atoms with Gasteiger partial charge < -0.3 is 30.5 Å². The number of rotatable bonds is 11. The van der Waals surface area contributed by atoms with Gasteiger partial charge in [-0.25, -0.2) is 14.3 Å². The SMILES string of the molecule is COc1ccc(C=NN2CN([C@H](C)C(=O)O)P(N(CCO)CCO)N=C2N)cc1OC. The molecule has 1 aliphatic heterocycles.